The summed E-state index contributed by atoms with van der Waals surface area (Å²) in [6.45, 7) is 9.49. The fourth-order valence-electron chi connectivity index (χ4n) is 3.64. The Morgan fingerprint density at radius 3 is 2.71 bits per heavy atom. The maximum absolute atomic E-state index is 9.70. The van der Waals surface area contributed by atoms with E-state index in [1.807, 2.05) is 0 Å². The Labute approximate surface area is 106 Å². The predicted molar refractivity (Wildman–Crippen MR) is 71.1 cm³/mol. The number of aliphatic hydroxyl groups excluding tert-OH is 1. The Morgan fingerprint density at radius 1 is 1.41 bits per heavy atom. The average molecular weight is 240 g/mol. The van der Waals surface area contributed by atoms with Gasteiger partial charge in [-0.25, -0.2) is 0 Å². The average Bonchev–Trinajstić information content (AvgIpc) is 2.85. The van der Waals surface area contributed by atoms with Crippen LogP contribution in [0.2, 0.25) is 0 Å². The van der Waals surface area contributed by atoms with Gasteiger partial charge in [0.25, 0.3) is 0 Å². The molecule has 3 atom stereocenters. The fraction of sp³-hybridized carbons (Fsp3) is 1.00. The first kappa shape index (κ1) is 13.3. The maximum Gasteiger partial charge on any atom is 0.0614 e. The van der Waals surface area contributed by atoms with Crippen LogP contribution in [-0.4, -0.2) is 47.3 Å². The van der Waals surface area contributed by atoms with Crippen LogP contribution in [0, 0.1) is 5.92 Å². The molecule has 0 spiro atoms. The Morgan fingerprint density at radius 2 is 2.18 bits per heavy atom. The van der Waals surface area contributed by atoms with Crippen LogP contribution in [0.5, 0.6) is 0 Å². The second kappa shape index (κ2) is 5.25. The van der Waals surface area contributed by atoms with Crippen LogP contribution >= 0.6 is 0 Å². The van der Waals surface area contributed by atoms with Crippen molar-refractivity contribution in [3.8, 4) is 0 Å². The van der Waals surface area contributed by atoms with Crippen molar-refractivity contribution in [3.05, 3.63) is 0 Å². The fourth-order valence-corrected chi connectivity index (χ4v) is 3.64. The third-order valence-electron chi connectivity index (χ3n) is 4.45. The van der Waals surface area contributed by atoms with E-state index in [2.05, 4.69) is 31.0 Å². The quantitative estimate of drug-likeness (QED) is 0.783. The molecule has 3 unspecified atom stereocenters. The molecular weight excluding hydrogens is 212 g/mol. The van der Waals surface area contributed by atoms with Crippen LogP contribution in [0.15, 0.2) is 0 Å². The van der Waals surface area contributed by atoms with Gasteiger partial charge in [0, 0.05) is 24.2 Å². The zero-order valence-corrected chi connectivity index (χ0v) is 11.6. The van der Waals surface area contributed by atoms with E-state index < -0.39 is 0 Å². The van der Waals surface area contributed by atoms with Crippen molar-refractivity contribution >= 4 is 0 Å². The molecule has 2 rings (SSSR count). The van der Waals surface area contributed by atoms with Crippen molar-refractivity contribution in [2.24, 2.45) is 5.92 Å². The molecule has 100 valence electrons. The van der Waals surface area contributed by atoms with Crippen molar-refractivity contribution in [1.29, 1.82) is 0 Å². The zero-order valence-electron chi connectivity index (χ0n) is 11.6. The first-order valence-electron chi connectivity index (χ1n) is 7.17. The Hall–Kier alpha value is -0.120. The number of nitrogens with zero attached hydrogens (tertiary/aromatic N) is 1. The first-order chi connectivity index (χ1) is 8.04. The van der Waals surface area contributed by atoms with E-state index >= 15 is 0 Å². The molecule has 2 N–H and O–H groups in total. The molecule has 1 aliphatic heterocycles. The number of likely N-dealkylation sites (tertiary alicyclic amines) is 1. The second-order valence-corrected chi connectivity index (χ2v) is 6.52. The summed E-state index contributed by atoms with van der Waals surface area (Å²) < 4.78 is 0. The summed E-state index contributed by atoms with van der Waals surface area (Å²) >= 11 is 0. The summed E-state index contributed by atoms with van der Waals surface area (Å²) in [6, 6.07) is 1.15. The normalized spacial score (nSPS) is 39.4. The van der Waals surface area contributed by atoms with Gasteiger partial charge in [-0.3, -0.25) is 0 Å². The molecule has 3 nitrogen and oxygen atoms in total. The van der Waals surface area contributed by atoms with Gasteiger partial charge in [-0.2, -0.15) is 0 Å². The topological polar surface area (TPSA) is 35.5 Å². The third-order valence-corrected chi connectivity index (χ3v) is 4.45. The lowest BCUT2D eigenvalue weighted by molar-refractivity contribution is 0.141. The lowest BCUT2D eigenvalue weighted by atomic mass is 9.97. The SMILES string of the molecule is CC1CCN(C2CCC(CO)(NC(C)C)C2)C1. The van der Waals surface area contributed by atoms with Crippen LogP contribution in [-0.2, 0) is 0 Å². The van der Waals surface area contributed by atoms with Gasteiger partial charge in [0.2, 0.25) is 0 Å². The van der Waals surface area contributed by atoms with Gasteiger partial charge in [-0.05, 0) is 38.1 Å². The Balaban J connectivity index is 1.93. The number of nitrogens with one attached hydrogen (secondary N) is 1. The van der Waals surface area contributed by atoms with Crippen LogP contribution in [0.25, 0.3) is 0 Å². The monoisotopic (exact) mass is 240 g/mol. The molecule has 1 aliphatic carbocycles. The molecule has 0 radical (unpaired) electrons. The summed E-state index contributed by atoms with van der Waals surface area (Å²) in [4.78, 5) is 2.64. The third kappa shape index (κ3) is 3.01. The highest BCUT2D eigenvalue weighted by molar-refractivity contribution is 5.01. The Bertz CT molecular complexity index is 257. The van der Waals surface area contributed by atoms with E-state index in [1.165, 1.54) is 25.9 Å². The van der Waals surface area contributed by atoms with Crippen molar-refractivity contribution in [3.63, 3.8) is 0 Å². The van der Waals surface area contributed by atoms with Gasteiger partial charge >= 0.3 is 0 Å². The highest BCUT2D eigenvalue weighted by Gasteiger charge is 2.42. The number of hydrogen-bond donors (Lipinski definition) is 2. The minimum Gasteiger partial charge on any atom is -0.394 e. The highest BCUT2D eigenvalue weighted by Crippen LogP contribution is 2.35. The highest BCUT2D eigenvalue weighted by atomic mass is 16.3. The summed E-state index contributed by atoms with van der Waals surface area (Å²) in [5.41, 5.74) is -0.00926. The lowest BCUT2D eigenvalue weighted by Crippen LogP contribution is -2.50. The molecule has 1 saturated heterocycles. The largest absolute Gasteiger partial charge is 0.394 e. The molecule has 2 aliphatic rings. The standard InChI is InChI=1S/C14H28N2O/c1-11(2)15-14(10-17)6-4-13(8-14)16-7-5-12(3)9-16/h11-13,15,17H,4-10H2,1-3H3. The van der Waals surface area contributed by atoms with Crippen LogP contribution in [0.4, 0.5) is 0 Å². The summed E-state index contributed by atoms with van der Waals surface area (Å²) in [5, 5.41) is 13.3. The van der Waals surface area contributed by atoms with Crippen LogP contribution in [0.3, 0.4) is 0 Å². The van der Waals surface area contributed by atoms with E-state index in [0.717, 1.165) is 18.8 Å². The van der Waals surface area contributed by atoms with E-state index in [1.54, 1.807) is 0 Å². The van der Waals surface area contributed by atoms with Crippen molar-refractivity contribution in [2.75, 3.05) is 19.7 Å². The molecule has 3 heteroatoms. The maximum atomic E-state index is 9.70. The molecular formula is C14H28N2O. The molecule has 0 aromatic rings. The van der Waals surface area contributed by atoms with Gasteiger partial charge < -0.3 is 15.3 Å². The summed E-state index contributed by atoms with van der Waals surface area (Å²) in [7, 11) is 0. The number of hydrogen-bond acceptors (Lipinski definition) is 3. The van der Waals surface area contributed by atoms with E-state index in [4.69, 9.17) is 0 Å². The Kier molecular flexibility index (Phi) is 4.11. The number of aliphatic hydroxyl groups is 1. The zero-order chi connectivity index (χ0) is 12.5. The van der Waals surface area contributed by atoms with Gasteiger partial charge in [-0.1, -0.05) is 20.8 Å². The van der Waals surface area contributed by atoms with Gasteiger partial charge in [0.1, 0.15) is 0 Å². The molecule has 0 bridgehead atoms. The van der Waals surface area contributed by atoms with E-state index in [9.17, 15) is 5.11 Å². The minimum absolute atomic E-state index is 0.00926. The van der Waals surface area contributed by atoms with Crippen molar-refractivity contribution in [1.82, 2.24) is 10.2 Å². The molecule has 0 amide bonds. The van der Waals surface area contributed by atoms with Gasteiger partial charge in [0.15, 0.2) is 0 Å². The molecule has 1 heterocycles. The summed E-state index contributed by atoms with van der Waals surface area (Å²) in [6.07, 6.45) is 4.83. The lowest BCUT2D eigenvalue weighted by Gasteiger charge is -2.32. The van der Waals surface area contributed by atoms with Gasteiger partial charge in [-0.15, -0.1) is 0 Å². The second-order valence-electron chi connectivity index (χ2n) is 6.52. The van der Waals surface area contributed by atoms with Crippen molar-refractivity contribution < 1.29 is 5.11 Å². The first-order valence-corrected chi connectivity index (χ1v) is 7.17. The van der Waals surface area contributed by atoms with Gasteiger partial charge in [0.05, 0.1) is 6.61 Å². The predicted octanol–water partition coefficient (Wildman–Crippen LogP) is 1.61. The molecule has 1 saturated carbocycles. The van der Waals surface area contributed by atoms with E-state index in [0.29, 0.717) is 12.1 Å². The summed E-state index contributed by atoms with van der Waals surface area (Å²) in [5.74, 6) is 0.859. The molecule has 0 aromatic carbocycles. The molecule has 2 fully saturated rings. The van der Waals surface area contributed by atoms with Crippen LogP contribution < -0.4 is 5.32 Å². The molecule has 0 aromatic heterocycles. The number of rotatable bonds is 4. The molecule has 17 heavy (non-hydrogen) atoms. The minimum atomic E-state index is -0.00926. The van der Waals surface area contributed by atoms with Crippen molar-refractivity contribution in [2.45, 2.75) is 64.1 Å². The smallest absolute Gasteiger partial charge is 0.0614 e. The van der Waals surface area contributed by atoms with E-state index in [-0.39, 0.29) is 12.1 Å². The van der Waals surface area contributed by atoms with Crippen LogP contribution in [0.1, 0.15) is 46.5 Å².